The number of carbonyl (C=O) groups excluding carboxylic acids is 3. The smallest absolute Gasteiger partial charge is 0.355 e. The van der Waals surface area contributed by atoms with E-state index < -0.39 is 22.6 Å². The second kappa shape index (κ2) is 8.09. The lowest BCUT2D eigenvalue weighted by atomic mass is 10.1. The van der Waals surface area contributed by atoms with Crippen molar-refractivity contribution in [2.75, 3.05) is 19.1 Å². The largest absolute Gasteiger partial charge is 0.465 e. The number of hydrogen-bond donors (Lipinski definition) is 0. The van der Waals surface area contributed by atoms with Crippen LogP contribution in [-0.2, 0) is 19.1 Å². The Morgan fingerprint density at radius 3 is 2.30 bits per heavy atom. The van der Waals surface area contributed by atoms with Gasteiger partial charge in [-0.3, -0.25) is 14.9 Å². The fraction of sp³-hybridized carbons (Fsp3) is 0.167. The molecule has 0 aliphatic carbocycles. The van der Waals surface area contributed by atoms with Gasteiger partial charge < -0.3 is 14.4 Å². The molecule has 0 unspecified atom stereocenters. The summed E-state index contributed by atoms with van der Waals surface area (Å²) in [6, 6.07) is 3.62. The molecule has 27 heavy (non-hydrogen) atoms. The quantitative estimate of drug-likeness (QED) is 0.334. The molecule has 1 aliphatic heterocycles. The second-order valence-electron chi connectivity index (χ2n) is 5.33. The number of allylic oxidation sites excluding steroid dienone is 2. The van der Waals surface area contributed by atoms with Crippen LogP contribution in [0.25, 0.3) is 0 Å². The molecule has 0 atom stereocenters. The third-order valence-corrected chi connectivity index (χ3v) is 3.72. The molecular formula is C18H16N2O7. The summed E-state index contributed by atoms with van der Waals surface area (Å²) in [4.78, 5) is 48.3. The van der Waals surface area contributed by atoms with Crippen LogP contribution < -0.4 is 4.90 Å². The Balaban J connectivity index is 2.78. The number of Topliss-reactive ketones (excluding diaryl/α,β-unsaturated/α-hetero) is 1. The molecule has 1 aromatic carbocycles. The number of ketones is 1. The minimum absolute atomic E-state index is 0.00127. The molecule has 0 fully saturated rings. The highest BCUT2D eigenvalue weighted by Crippen LogP contribution is 2.32. The lowest BCUT2D eigenvalue weighted by Crippen LogP contribution is -2.28. The van der Waals surface area contributed by atoms with E-state index in [0.29, 0.717) is 0 Å². The summed E-state index contributed by atoms with van der Waals surface area (Å²) in [5.41, 5.74) is -0.387. The number of anilines is 1. The first-order valence-electron chi connectivity index (χ1n) is 7.66. The molecule has 0 saturated carbocycles. The van der Waals surface area contributed by atoms with Gasteiger partial charge in [0.05, 0.1) is 30.4 Å². The van der Waals surface area contributed by atoms with Gasteiger partial charge in [0.15, 0.2) is 5.78 Å². The number of rotatable bonds is 5. The molecule has 0 N–H and O–H groups in total. The van der Waals surface area contributed by atoms with Gasteiger partial charge >= 0.3 is 11.9 Å². The van der Waals surface area contributed by atoms with Crippen molar-refractivity contribution >= 4 is 29.1 Å². The van der Waals surface area contributed by atoms with E-state index in [2.05, 4.69) is 0 Å². The van der Waals surface area contributed by atoms with Crippen LogP contribution in [0.2, 0.25) is 0 Å². The SMILES string of the molecule is COC(=O)C1=C(C(=O)OC)N(c2ccc([N+](=O)[O-])cc2C(C)=O)C=CC=C1. The molecule has 0 amide bonds. The molecule has 2 rings (SSSR count). The van der Waals surface area contributed by atoms with E-state index in [-0.39, 0.29) is 28.2 Å². The minimum Gasteiger partial charge on any atom is -0.465 e. The standard InChI is InChI=1S/C18H16N2O7/c1-11(21)14-10-12(20(24)25)7-8-15(14)19-9-5-4-6-13(17(22)26-2)16(19)18(23)27-3/h4-10H,1-3H3. The van der Waals surface area contributed by atoms with Crippen molar-refractivity contribution in [1.82, 2.24) is 0 Å². The Labute approximate surface area is 154 Å². The van der Waals surface area contributed by atoms with Crippen molar-refractivity contribution in [2.45, 2.75) is 6.92 Å². The van der Waals surface area contributed by atoms with E-state index in [1.807, 2.05) is 0 Å². The Morgan fingerprint density at radius 2 is 1.74 bits per heavy atom. The van der Waals surface area contributed by atoms with Crippen molar-refractivity contribution in [2.24, 2.45) is 0 Å². The molecular weight excluding hydrogens is 356 g/mol. The molecule has 9 heteroatoms. The maximum Gasteiger partial charge on any atom is 0.355 e. The van der Waals surface area contributed by atoms with Gasteiger partial charge in [-0.15, -0.1) is 0 Å². The highest BCUT2D eigenvalue weighted by molar-refractivity contribution is 6.08. The summed E-state index contributed by atoms with van der Waals surface area (Å²) in [6.45, 7) is 1.24. The summed E-state index contributed by atoms with van der Waals surface area (Å²) in [5, 5.41) is 11.0. The molecule has 0 radical (unpaired) electrons. The van der Waals surface area contributed by atoms with E-state index in [4.69, 9.17) is 9.47 Å². The number of nitro groups is 1. The Kier molecular flexibility index (Phi) is 5.86. The van der Waals surface area contributed by atoms with E-state index in [9.17, 15) is 24.5 Å². The van der Waals surface area contributed by atoms with Crippen LogP contribution in [0.4, 0.5) is 11.4 Å². The first-order valence-corrected chi connectivity index (χ1v) is 7.66. The number of esters is 2. The van der Waals surface area contributed by atoms with Crippen LogP contribution in [-0.4, -0.2) is 36.9 Å². The summed E-state index contributed by atoms with van der Waals surface area (Å²) in [5.74, 6) is -2.09. The van der Waals surface area contributed by atoms with E-state index in [1.54, 1.807) is 0 Å². The van der Waals surface area contributed by atoms with Crippen LogP contribution in [0.1, 0.15) is 17.3 Å². The molecule has 1 heterocycles. The lowest BCUT2D eigenvalue weighted by Gasteiger charge is -2.24. The minimum atomic E-state index is -0.848. The van der Waals surface area contributed by atoms with Crippen molar-refractivity contribution in [3.63, 3.8) is 0 Å². The van der Waals surface area contributed by atoms with Crippen molar-refractivity contribution in [3.8, 4) is 0 Å². The third kappa shape index (κ3) is 3.92. The van der Waals surface area contributed by atoms with Gasteiger partial charge in [-0.2, -0.15) is 0 Å². The topological polar surface area (TPSA) is 116 Å². The number of benzene rings is 1. The molecule has 9 nitrogen and oxygen atoms in total. The van der Waals surface area contributed by atoms with Gasteiger partial charge in [0, 0.05) is 23.9 Å². The summed E-state index contributed by atoms with van der Waals surface area (Å²) < 4.78 is 9.49. The maximum absolute atomic E-state index is 12.4. The van der Waals surface area contributed by atoms with E-state index in [1.165, 1.54) is 48.4 Å². The predicted molar refractivity (Wildman–Crippen MR) is 94.9 cm³/mol. The fourth-order valence-corrected chi connectivity index (χ4v) is 2.48. The number of carbonyl (C=O) groups is 3. The normalized spacial score (nSPS) is 13.2. The van der Waals surface area contributed by atoms with E-state index >= 15 is 0 Å². The number of nitro benzene ring substituents is 1. The number of nitrogens with zero attached hydrogens (tertiary/aromatic N) is 2. The van der Waals surface area contributed by atoms with Gasteiger partial charge in [-0.25, -0.2) is 9.59 Å². The van der Waals surface area contributed by atoms with Crippen LogP contribution in [0.5, 0.6) is 0 Å². The number of ether oxygens (including phenoxy) is 2. The maximum atomic E-state index is 12.4. The highest BCUT2D eigenvalue weighted by Gasteiger charge is 2.29. The van der Waals surface area contributed by atoms with Gasteiger partial charge in [-0.05, 0) is 25.1 Å². The van der Waals surface area contributed by atoms with Crippen LogP contribution in [0.15, 0.2) is 53.9 Å². The molecule has 0 saturated heterocycles. The lowest BCUT2D eigenvalue weighted by molar-refractivity contribution is -0.384. The van der Waals surface area contributed by atoms with Crippen molar-refractivity contribution in [1.29, 1.82) is 0 Å². The second-order valence-corrected chi connectivity index (χ2v) is 5.33. The molecule has 1 aromatic rings. The van der Waals surface area contributed by atoms with Gasteiger partial charge in [0.2, 0.25) is 0 Å². The summed E-state index contributed by atoms with van der Waals surface area (Å²) >= 11 is 0. The van der Waals surface area contributed by atoms with Gasteiger partial charge in [0.25, 0.3) is 5.69 Å². The zero-order valence-electron chi connectivity index (χ0n) is 14.8. The first kappa shape index (κ1) is 19.6. The molecule has 140 valence electrons. The molecule has 0 spiro atoms. The third-order valence-electron chi connectivity index (χ3n) is 3.72. The number of hydrogen-bond acceptors (Lipinski definition) is 8. The molecule has 0 bridgehead atoms. The molecule has 0 aromatic heterocycles. The Bertz CT molecular complexity index is 912. The average molecular weight is 372 g/mol. The zero-order valence-corrected chi connectivity index (χ0v) is 14.8. The number of methoxy groups -OCH3 is 2. The van der Waals surface area contributed by atoms with Gasteiger partial charge in [0.1, 0.15) is 5.70 Å². The molecule has 1 aliphatic rings. The van der Waals surface area contributed by atoms with E-state index in [0.717, 1.165) is 20.3 Å². The number of non-ortho nitro benzene ring substituents is 1. The predicted octanol–water partition coefficient (Wildman–Crippen LogP) is 2.29. The highest BCUT2D eigenvalue weighted by atomic mass is 16.6. The zero-order chi connectivity index (χ0) is 20.1. The summed E-state index contributed by atoms with van der Waals surface area (Å²) in [7, 11) is 2.30. The fourth-order valence-electron chi connectivity index (χ4n) is 2.48. The first-order chi connectivity index (χ1) is 12.8. The van der Waals surface area contributed by atoms with Crippen LogP contribution >= 0.6 is 0 Å². The monoisotopic (exact) mass is 372 g/mol. The van der Waals surface area contributed by atoms with Crippen molar-refractivity contribution < 1.29 is 28.8 Å². The Morgan fingerprint density at radius 1 is 1.07 bits per heavy atom. The van der Waals surface area contributed by atoms with Gasteiger partial charge in [-0.1, -0.05) is 6.08 Å². The summed E-state index contributed by atoms with van der Waals surface area (Å²) in [6.07, 6.45) is 5.85. The average Bonchev–Trinajstić information content (AvgIpc) is 2.88. The van der Waals surface area contributed by atoms with Crippen LogP contribution in [0, 0.1) is 10.1 Å². The van der Waals surface area contributed by atoms with Crippen LogP contribution in [0.3, 0.4) is 0 Å². The van der Waals surface area contributed by atoms with Crippen molar-refractivity contribution in [3.05, 3.63) is 69.6 Å². The Hall–Kier alpha value is -3.75.